The summed E-state index contributed by atoms with van der Waals surface area (Å²) in [6, 6.07) is 11.3. The second kappa shape index (κ2) is 9.49. The topological polar surface area (TPSA) is 91.8 Å². The molecule has 1 aromatic carbocycles. The lowest BCUT2D eigenvalue weighted by Gasteiger charge is -2.17. The van der Waals surface area contributed by atoms with Gasteiger partial charge in [-0.3, -0.25) is 9.36 Å². The van der Waals surface area contributed by atoms with Crippen molar-refractivity contribution >= 4 is 17.2 Å². The number of ether oxygens (including phenoxy) is 1. The van der Waals surface area contributed by atoms with E-state index in [0.29, 0.717) is 42.5 Å². The number of nitrogens with one attached hydrogen (secondary N) is 1. The van der Waals surface area contributed by atoms with E-state index >= 15 is 0 Å². The zero-order chi connectivity index (χ0) is 18.9. The van der Waals surface area contributed by atoms with E-state index in [2.05, 4.69) is 15.5 Å². The van der Waals surface area contributed by atoms with Crippen LogP contribution in [0, 0.1) is 18.3 Å². The molecule has 0 atom stereocenters. The molecule has 1 N–H and O–H groups in total. The van der Waals surface area contributed by atoms with Crippen LogP contribution in [0.4, 0.5) is 17.2 Å². The van der Waals surface area contributed by atoms with Gasteiger partial charge in [0.05, 0.1) is 5.69 Å². The SMILES string of the molecule is CCn1c(NCCCOC)c(N=Nc2ccccc2)c(C)c(C#N)c1=O. The second-order valence-electron chi connectivity index (χ2n) is 5.67. The zero-order valence-corrected chi connectivity index (χ0v) is 15.3. The Morgan fingerprint density at radius 3 is 2.62 bits per heavy atom. The number of hydrogen-bond donors (Lipinski definition) is 1. The summed E-state index contributed by atoms with van der Waals surface area (Å²) >= 11 is 0. The Morgan fingerprint density at radius 2 is 2.00 bits per heavy atom. The number of nitriles is 1. The number of azo groups is 1. The molecule has 1 heterocycles. The van der Waals surface area contributed by atoms with Gasteiger partial charge in [-0.05, 0) is 32.4 Å². The van der Waals surface area contributed by atoms with Crippen LogP contribution in [0.25, 0.3) is 0 Å². The van der Waals surface area contributed by atoms with Crippen LogP contribution >= 0.6 is 0 Å². The lowest BCUT2D eigenvalue weighted by Crippen LogP contribution is -2.26. The molecule has 26 heavy (non-hydrogen) atoms. The van der Waals surface area contributed by atoms with Crippen molar-refractivity contribution < 1.29 is 4.74 Å². The molecule has 0 fully saturated rings. The van der Waals surface area contributed by atoms with Gasteiger partial charge in [0.2, 0.25) is 0 Å². The highest BCUT2D eigenvalue weighted by Crippen LogP contribution is 2.31. The monoisotopic (exact) mass is 353 g/mol. The van der Waals surface area contributed by atoms with E-state index in [9.17, 15) is 10.1 Å². The molecule has 0 aliphatic rings. The lowest BCUT2D eigenvalue weighted by atomic mass is 10.1. The number of nitrogens with zero attached hydrogens (tertiary/aromatic N) is 4. The molecular weight excluding hydrogens is 330 g/mol. The van der Waals surface area contributed by atoms with Gasteiger partial charge < -0.3 is 10.1 Å². The van der Waals surface area contributed by atoms with Crippen LogP contribution in [0.15, 0.2) is 45.4 Å². The Kier molecular flexibility index (Phi) is 7.06. The molecule has 2 rings (SSSR count). The number of pyridine rings is 1. The normalized spacial score (nSPS) is 10.8. The third-order valence-electron chi connectivity index (χ3n) is 3.95. The van der Waals surface area contributed by atoms with Crippen molar-refractivity contribution in [3.05, 3.63) is 51.8 Å². The molecule has 0 saturated carbocycles. The van der Waals surface area contributed by atoms with E-state index in [4.69, 9.17) is 4.74 Å². The maximum absolute atomic E-state index is 12.6. The van der Waals surface area contributed by atoms with Crippen molar-refractivity contribution in [1.82, 2.24) is 4.57 Å². The standard InChI is InChI=1S/C19H23N5O2/c1-4-24-18(21-11-8-12-26-3)17(14(2)16(13-20)19(24)25)23-22-15-9-6-5-7-10-15/h5-7,9-10,21H,4,8,11-12H2,1-3H3. The molecule has 1 aromatic heterocycles. The summed E-state index contributed by atoms with van der Waals surface area (Å²) in [6.45, 7) is 5.23. The zero-order valence-electron chi connectivity index (χ0n) is 15.3. The van der Waals surface area contributed by atoms with Crippen molar-refractivity contribution in [3.8, 4) is 6.07 Å². The average molecular weight is 353 g/mol. The summed E-state index contributed by atoms with van der Waals surface area (Å²) in [7, 11) is 1.65. The minimum Gasteiger partial charge on any atom is -0.385 e. The van der Waals surface area contributed by atoms with Gasteiger partial charge in [0.25, 0.3) is 5.56 Å². The fourth-order valence-corrected chi connectivity index (χ4v) is 2.58. The molecule has 0 aliphatic carbocycles. The van der Waals surface area contributed by atoms with Gasteiger partial charge in [0, 0.05) is 32.4 Å². The summed E-state index contributed by atoms with van der Waals surface area (Å²) < 4.78 is 6.59. The quantitative estimate of drug-likeness (QED) is 0.575. The van der Waals surface area contributed by atoms with Crippen LogP contribution in [0.5, 0.6) is 0 Å². The number of benzene rings is 1. The van der Waals surface area contributed by atoms with Gasteiger partial charge in [0.1, 0.15) is 23.1 Å². The smallest absolute Gasteiger partial charge is 0.270 e. The van der Waals surface area contributed by atoms with Crippen molar-refractivity contribution in [2.24, 2.45) is 10.2 Å². The molecule has 0 aliphatic heterocycles. The summed E-state index contributed by atoms with van der Waals surface area (Å²) in [5, 5.41) is 21.3. The number of rotatable bonds is 8. The van der Waals surface area contributed by atoms with E-state index in [-0.39, 0.29) is 11.1 Å². The minimum absolute atomic E-state index is 0.0938. The maximum atomic E-state index is 12.6. The molecule has 0 bridgehead atoms. The van der Waals surface area contributed by atoms with E-state index in [1.54, 1.807) is 14.0 Å². The van der Waals surface area contributed by atoms with E-state index < -0.39 is 0 Å². The first-order valence-corrected chi connectivity index (χ1v) is 8.51. The summed E-state index contributed by atoms with van der Waals surface area (Å²) in [6.07, 6.45) is 0.780. The first-order valence-electron chi connectivity index (χ1n) is 8.51. The number of methoxy groups -OCH3 is 1. The fourth-order valence-electron chi connectivity index (χ4n) is 2.58. The molecule has 0 unspecified atom stereocenters. The highest BCUT2D eigenvalue weighted by atomic mass is 16.5. The van der Waals surface area contributed by atoms with Crippen molar-refractivity contribution in [2.75, 3.05) is 25.6 Å². The van der Waals surface area contributed by atoms with Gasteiger partial charge >= 0.3 is 0 Å². The van der Waals surface area contributed by atoms with E-state index in [0.717, 1.165) is 6.42 Å². The molecule has 7 heteroatoms. The Balaban J connectivity index is 2.53. The van der Waals surface area contributed by atoms with Gasteiger partial charge in [0.15, 0.2) is 0 Å². The first-order chi connectivity index (χ1) is 12.6. The number of hydrogen-bond acceptors (Lipinski definition) is 6. The molecule has 0 spiro atoms. The van der Waals surface area contributed by atoms with E-state index in [1.165, 1.54) is 4.57 Å². The van der Waals surface area contributed by atoms with Crippen LogP contribution < -0.4 is 10.9 Å². The van der Waals surface area contributed by atoms with Gasteiger partial charge in [-0.25, -0.2) is 0 Å². The van der Waals surface area contributed by atoms with Gasteiger partial charge in [-0.2, -0.15) is 10.4 Å². The molecule has 0 amide bonds. The number of anilines is 1. The maximum Gasteiger partial charge on any atom is 0.270 e. The Labute approximate surface area is 153 Å². The molecule has 7 nitrogen and oxygen atoms in total. The number of aromatic nitrogens is 1. The summed E-state index contributed by atoms with van der Waals surface area (Å²) in [5.41, 5.74) is 1.50. The highest BCUT2D eigenvalue weighted by molar-refractivity contribution is 5.68. The third kappa shape index (κ3) is 4.35. The molecular formula is C19H23N5O2. The molecule has 0 saturated heterocycles. The van der Waals surface area contributed by atoms with Gasteiger partial charge in [-0.15, -0.1) is 5.11 Å². The minimum atomic E-state index is -0.319. The Morgan fingerprint density at radius 1 is 1.27 bits per heavy atom. The predicted molar refractivity (Wildman–Crippen MR) is 101 cm³/mol. The van der Waals surface area contributed by atoms with Crippen LogP contribution in [-0.4, -0.2) is 24.8 Å². The molecule has 136 valence electrons. The molecule has 0 radical (unpaired) electrons. The van der Waals surface area contributed by atoms with Crippen molar-refractivity contribution in [3.63, 3.8) is 0 Å². The van der Waals surface area contributed by atoms with Crippen molar-refractivity contribution in [2.45, 2.75) is 26.8 Å². The van der Waals surface area contributed by atoms with Crippen LogP contribution in [0.2, 0.25) is 0 Å². The summed E-state index contributed by atoms with van der Waals surface area (Å²) in [4.78, 5) is 12.6. The lowest BCUT2D eigenvalue weighted by molar-refractivity contribution is 0.197. The highest BCUT2D eigenvalue weighted by Gasteiger charge is 2.18. The second-order valence-corrected chi connectivity index (χ2v) is 5.67. The van der Waals surface area contributed by atoms with E-state index in [1.807, 2.05) is 43.3 Å². The third-order valence-corrected chi connectivity index (χ3v) is 3.95. The largest absolute Gasteiger partial charge is 0.385 e. The van der Waals surface area contributed by atoms with Crippen LogP contribution in [0.1, 0.15) is 24.5 Å². The Bertz CT molecular complexity index is 866. The average Bonchev–Trinajstić information content (AvgIpc) is 2.66. The van der Waals surface area contributed by atoms with Crippen LogP contribution in [-0.2, 0) is 11.3 Å². The predicted octanol–water partition coefficient (Wildman–Crippen LogP) is 3.91. The summed E-state index contributed by atoms with van der Waals surface area (Å²) in [5.74, 6) is 0.574. The fraction of sp³-hybridized carbons (Fsp3) is 0.368. The Hall–Kier alpha value is -2.98. The first kappa shape index (κ1) is 19.3. The van der Waals surface area contributed by atoms with Crippen molar-refractivity contribution in [1.29, 1.82) is 5.26 Å². The van der Waals surface area contributed by atoms with Crippen LogP contribution in [0.3, 0.4) is 0 Å². The van der Waals surface area contributed by atoms with Gasteiger partial charge in [-0.1, -0.05) is 18.2 Å². The molecule has 2 aromatic rings.